The van der Waals surface area contributed by atoms with Gasteiger partial charge in [-0.15, -0.1) is 0 Å². The third-order valence-electron chi connectivity index (χ3n) is 5.59. The van der Waals surface area contributed by atoms with E-state index < -0.39 is 0 Å². The van der Waals surface area contributed by atoms with Crippen LogP contribution < -0.4 is 0 Å². The van der Waals surface area contributed by atoms with Crippen LogP contribution >= 0.6 is 15.9 Å². The summed E-state index contributed by atoms with van der Waals surface area (Å²) in [6, 6.07) is 0. The quantitative estimate of drug-likeness (QED) is 0.583. The maximum Gasteiger partial charge on any atom is 0.309 e. The number of halogens is 1. The molecule has 0 aliphatic heterocycles. The predicted molar refractivity (Wildman–Crippen MR) is 74.6 cm³/mol. The number of hydrogen-bond acceptors (Lipinski definition) is 2. The Morgan fingerprint density at radius 1 is 1.33 bits per heavy atom. The number of rotatable bonds is 3. The van der Waals surface area contributed by atoms with Crippen LogP contribution in [-0.4, -0.2) is 16.9 Å². The first-order valence-electron chi connectivity index (χ1n) is 7.32. The lowest BCUT2D eigenvalue weighted by Crippen LogP contribution is -2.56. The first-order valence-corrected chi connectivity index (χ1v) is 8.11. The van der Waals surface area contributed by atoms with Crippen molar-refractivity contribution in [2.24, 2.45) is 23.2 Å². The Morgan fingerprint density at radius 2 is 1.94 bits per heavy atom. The van der Waals surface area contributed by atoms with Gasteiger partial charge in [-0.25, -0.2) is 0 Å². The molecule has 3 heteroatoms. The molecule has 4 rings (SSSR count). The molecule has 3 atom stereocenters. The van der Waals surface area contributed by atoms with Gasteiger partial charge in [-0.05, 0) is 62.7 Å². The van der Waals surface area contributed by atoms with Gasteiger partial charge in [0, 0.05) is 4.32 Å². The highest BCUT2D eigenvalue weighted by molar-refractivity contribution is 9.10. The summed E-state index contributed by atoms with van der Waals surface area (Å²) in [7, 11) is 0. The summed E-state index contributed by atoms with van der Waals surface area (Å²) in [6.07, 6.45) is 7.70. The molecule has 0 aromatic carbocycles. The highest BCUT2D eigenvalue weighted by Crippen LogP contribution is 2.66. The minimum Gasteiger partial charge on any atom is -0.466 e. The fourth-order valence-corrected chi connectivity index (χ4v) is 6.72. The smallest absolute Gasteiger partial charge is 0.309 e. The summed E-state index contributed by atoms with van der Waals surface area (Å²) < 4.78 is 5.60. The van der Waals surface area contributed by atoms with E-state index in [1.54, 1.807) is 0 Å². The largest absolute Gasteiger partial charge is 0.466 e. The molecule has 4 aliphatic rings. The first kappa shape index (κ1) is 13.0. The summed E-state index contributed by atoms with van der Waals surface area (Å²) in [4.78, 5) is 12.1. The van der Waals surface area contributed by atoms with Crippen molar-refractivity contribution in [1.82, 2.24) is 0 Å². The van der Waals surface area contributed by atoms with E-state index in [1.165, 1.54) is 38.5 Å². The molecule has 0 N–H and O–H groups in total. The molecular weight excluding hydrogens is 292 g/mol. The first-order chi connectivity index (χ1) is 8.46. The van der Waals surface area contributed by atoms with Gasteiger partial charge in [-0.3, -0.25) is 4.79 Å². The molecule has 0 aromatic heterocycles. The number of ether oxygens (including phenoxy) is 1. The van der Waals surface area contributed by atoms with E-state index in [2.05, 4.69) is 22.9 Å². The molecule has 3 unspecified atom stereocenters. The average Bonchev–Trinajstić information content (AvgIpc) is 2.24. The zero-order valence-corrected chi connectivity index (χ0v) is 13.0. The Hall–Kier alpha value is -0.0500. The van der Waals surface area contributed by atoms with Crippen LogP contribution in [0.3, 0.4) is 0 Å². The van der Waals surface area contributed by atoms with E-state index in [-0.39, 0.29) is 17.3 Å². The lowest BCUT2D eigenvalue weighted by molar-refractivity contribution is -0.160. The molecule has 4 saturated carbocycles. The summed E-state index contributed by atoms with van der Waals surface area (Å²) >= 11 is 4.00. The van der Waals surface area contributed by atoms with Crippen LogP contribution in [0.4, 0.5) is 0 Å². The number of carbonyl (C=O) groups is 1. The van der Waals surface area contributed by atoms with E-state index in [9.17, 15) is 4.79 Å². The van der Waals surface area contributed by atoms with Gasteiger partial charge >= 0.3 is 5.97 Å². The lowest BCUT2D eigenvalue weighted by Gasteiger charge is -2.61. The Bertz CT molecular complexity index is 352. The summed E-state index contributed by atoms with van der Waals surface area (Å²) in [5, 5.41) is 0. The van der Waals surface area contributed by atoms with Crippen LogP contribution in [0.5, 0.6) is 0 Å². The molecule has 4 aliphatic carbocycles. The number of carbonyl (C=O) groups excluding carboxylic acids is 1. The zero-order chi connectivity index (χ0) is 13.0. The molecule has 4 fully saturated rings. The monoisotopic (exact) mass is 314 g/mol. The van der Waals surface area contributed by atoms with Gasteiger partial charge in [0.15, 0.2) is 0 Å². The molecule has 0 spiro atoms. The molecule has 0 radical (unpaired) electrons. The topological polar surface area (TPSA) is 26.3 Å². The number of esters is 1. The Labute approximate surface area is 118 Å². The second-order valence-corrected chi connectivity index (χ2v) is 8.63. The van der Waals surface area contributed by atoms with Crippen molar-refractivity contribution in [1.29, 1.82) is 0 Å². The Morgan fingerprint density at radius 3 is 2.44 bits per heavy atom. The van der Waals surface area contributed by atoms with Crippen LogP contribution in [-0.2, 0) is 9.53 Å². The van der Waals surface area contributed by atoms with Crippen LogP contribution in [0, 0.1) is 23.2 Å². The highest BCUT2D eigenvalue weighted by atomic mass is 79.9. The van der Waals surface area contributed by atoms with Crippen molar-refractivity contribution >= 4 is 21.9 Å². The van der Waals surface area contributed by atoms with Crippen molar-refractivity contribution < 1.29 is 9.53 Å². The van der Waals surface area contributed by atoms with E-state index in [0.717, 1.165) is 11.8 Å². The maximum atomic E-state index is 12.1. The van der Waals surface area contributed by atoms with Crippen LogP contribution in [0.2, 0.25) is 0 Å². The van der Waals surface area contributed by atoms with Crippen LogP contribution in [0.25, 0.3) is 0 Å². The van der Waals surface area contributed by atoms with Gasteiger partial charge in [0.25, 0.3) is 0 Å². The van der Waals surface area contributed by atoms with E-state index in [0.29, 0.717) is 10.9 Å². The normalized spacial score (nSPS) is 47.1. The standard InChI is InChI=1S/C15H23BrO2/c1-3-18-13(17)10(2)14-5-11-4-12(6-14)8-15(16,7-11)9-14/h10-12H,3-9H2,1-2H3. The van der Waals surface area contributed by atoms with Gasteiger partial charge in [-0.2, -0.15) is 0 Å². The molecule has 0 aromatic rings. The van der Waals surface area contributed by atoms with Gasteiger partial charge in [0.1, 0.15) is 0 Å². The van der Waals surface area contributed by atoms with Gasteiger partial charge in [0.05, 0.1) is 12.5 Å². The molecule has 4 bridgehead atoms. The second-order valence-electron chi connectivity index (χ2n) is 6.95. The average molecular weight is 315 g/mol. The van der Waals surface area contributed by atoms with Gasteiger partial charge in [-0.1, -0.05) is 22.9 Å². The van der Waals surface area contributed by atoms with Gasteiger partial charge in [0.2, 0.25) is 0 Å². The van der Waals surface area contributed by atoms with Crippen molar-refractivity contribution in [2.45, 2.75) is 56.7 Å². The Kier molecular flexibility index (Phi) is 3.04. The minimum atomic E-state index is 0.0237. The predicted octanol–water partition coefficient (Wildman–Crippen LogP) is 3.92. The highest BCUT2D eigenvalue weighted by Gasteiger charge is 2.59. The third kappa shape index (κ3) is 1.93. The lowest BCUT2D eigenvalue weighted by atomic mass is 9.46. The van der Waals surface area contributed by atoms with Crippen LogP contribution in [0.15, 0.2) is 0 Å². The molecule has 102 valence electrons. The van der Waals surface area contributed by atoms with Crippen molar-refractivity contribution in [3.63, 3.8) is 0 Å². The summed E-state index contributed by atoms with van der Waals surface area (Å²) in [5.41, 5.74) is 0.222. The van der Waals surface area contributed by atoms with Crippen molar-refractivity contribution in [3.8, 4) is 0 Å². The molecular formula is C15H23BrO2. The molecule has 18 heavy (non-hydrogen) atoms. The SMILES string of the molecule is CCOC(=O)C(C)C12CC3CC(CC(Br)(C3)C1)C2. The zero-order valence-electron chi connectivity index (χ0n) is 11.4. The van der Waals surface area contributed by atoms with Crippen LogP contribution in [0.1, 0.15) is 52.4 Å². The molecule has 0 saturated heterocycles. The minimum absolute atomic E-state index is 0.0237. The molecule has 2 nitrogen and oxygen atoms in total. The fourth-order valence-electron chi connectivity index (χ4n) is 5.24. The van der Waals surface area contributed by atoms with E-state index >= 15 is 0 Å². The van der Waals surface area contributed by atoms with E-state index in [1.807, 2.05) is 6.92 Å². The Balaban J connectivity index is 1.84. The van der Waals surface area contributed by atoms with E-state index in [4.69, 9.17) is 4.74 Å². The van der Waals surface area contributed by atoms with Crippen molar-refractivity contribution in [2.75, 3.05) is 6.61 Å². The third-order valence-corrected chi connectivity index (χ3v) is 6.52. The second kappa shape index (κ2) is 4.22. The summed E-state index contributed by atoms with van der Waals surface area (Å²) in [5.74, 6) is 1.76. The summed E-state index contributed by atoms with van der Waals surface area (Å²) in [6.45, 7) is 4.50. The van der Waals surface area contributed by atoms with Gasteiger partial charge < -0.3 is 4.74 Å². The molecule has 0 heterocycles. The number of alkyl halides is 1. The van der Waals surface area contributed by atoms with Crippen molar-refractivity contribution in [3.05, 3.63) is 0 Å². The number of hydrogen-bond donors (Lipinski definition) is 0. The maximum absolute atomic E-state index is 12.1. The molecule has 0 amide bonds. The fraction of sp³-hybridized carbons (Fsp3) is 0.933.